The van der Waals surface area contributed by atoms with Crippen LogP contribution in [0.15, 0.2) is 64.2 Å². The molecule has 1 heterocycles. The van der Waals surface area contributed by atoms with E-state index in [2.05, 4.69) is 10.5 Å². The van der Waals surface area contributed by atoms with Gasteiger partial charge in [0.05, 0.1) is 4.90 Å². The van der Waals surface area contributed by atoms with Crippen molar-refractivity contribution in [1.82, 2.24) is 5.43 Å². The molecular weight excluding hydrogens is 372 g/mol. The Morgan fingerprint density at radius 2 is 1.42 bits per heavy atom. The Hall–Kier alpha value is -2.68. The summed E-state index contributed by atoms with van der Waals surface area (Å²) in [5, 5.41) is 3.63. The minimum absolute atomic E-state index is 0.0279. The van der Waals surface area contributed by atoms with Gasteiger partial charge in [0.25, 0.3) is 0 Å². The smallest absolute Gasteiger partial charge is 0.224 e. The Morgan fingerprint density at radius 1 is 0.885 bits per heavy atom. The largest absolute Gasteiger partial charge is 0.435 e. The van der Waals surface area contributed by atoms with Crippen LogP contribution in [0.5, 0.6) is 0 Å². The van der Waals surface area contributed by atoms with Crippen molar-refractivity contribution in [2.24, 2.45) is 5.10 Å². The van der Waals surface area contributed by atoms with Crippen molar-refractivity contribution in [3.05, 3.63) is 71.2 Å². The standard InChI is InChI=1S/C17H11F4N2O2S/c1-26(24,25)13-8-4-11(5-9-13)15-14(10-2-6-12(18)7-3-10)16(23-22-15)17(19,20)21/h2-9H,1H3. The van der Waals surface area contributed by atoms with Gasteiger partial charge >= 0.3 is 6.18 Å². The number of hydrogen-bond acceptors (Lipinski definition) is 3. The summed E-state index contributed by atoms with van der Waals surface area (Å²) in [5.74, 6) is -0.589. The highest BCUT2D eigenvalue weighted by Crippen LogP contribution is 2.37. The van der Waals surface area contributed by atoms with Crippen LogP contribution in [0.1, 0.15) is 11.1 Å². The maximum atomic E-state index is 13.3. The van der Waals surface area contributed by atoms with Crippen LogP contribution in [0.25, 0.3) is 5.57 Å². The molecule has 0 aromatic heterocycles. The molecule has 1 aliphatic heterocycles. The van der Waals surface area contributed by atoms with Crippen molar-refractivity contribution < 1.29 is 26.0 Å². The van der Waals surface area contributed by atoms with Gasteiger partial charge in [-0.25, -0.2) is 12.8 Å². The summed E-state index contributed by atoms with van der Waals surface area (Å²) in [6, 6.07) is 9.76. The lowest BCUT2D eigenvalue weighted by Gasteiger charge is -2.11. The molecule has 0 unspecified atom stereocenters. The topological polar surface area (TPSA) is 60.6 Å². The summed E-state index contributed by atoms with van der Waals surface area (Å²) < 4.78 is 76.1. The molecule has 2 aromatic rings. The van der Waals surface area contributed by atoms with Crippen LogP contribution in [-0.2, 0) is 9.84 Å². The van der Waals surface area contributed by atoms with Crippen LogP contribution in [0.4, 0.5) is 17.6 Å². The molecular formula is C17H11F4N2O2S. The second-order valence-electron chi connectivity index (χ2n) is 5.57. The van der Waals surface area contributed by atoms with Gasteiger partial charge in [-0.05, 0) is 29.8 Å². The molecule has 1 radical (unpaired) electrons. The zero-order valence-electron chi connectivity index (χ0n) is 13.2. The van der Waals surface area contributed by atoms with E-state index in [9.17, 15) is 26.0 Å². The minimum Gasteiger partial charge on any atom is -0.224 e. The number of alkyl halides is 3. The third-order valence-corrected chi connectivity index (χ3v) is 4.81. The zero-order chi connectivity index (χ0) is 19.1. The Labute approximate surface area is 146 Å². The van der Waals surface area contributed by atoms with Crippen LogP contribution in [0, 0.1) is 5.82 Å². The molecule has 0 fully saturated rings. The molecule has 0 spiro atoms. The van der Waals surface area contributed by atoms with Crippen molar-refractivity contribution in [3.8, 4) is 0 Å². The van der Waals surface area contributed by atoms with Crippen LogP contribution in [0.2, 0.25) is 0 Å². The van der Waals surface area contributed by atoms with E-state index in [1.54, 1.807) is 0 Å². The lowest BCUT2D eigenvalue weighted by Crippen LogP contribution is -2.18. The van der Waals surface area contributed by atoms with Crippen molar-refractivity contribution in [2.75, 3.05) is 6.26 Å². The predicted octanol–water partition coefficient (Wildman–Crippen LogP) is 3.52. The Morgan fingerprint density at radius 3 is 1.92 bits per heavy atom. The summed E-state index contributed by atoms with van der Waals surface area (Å²) in [4.78, 5) is 0.0279. The van der Waals surface area contributed by atoms with Crippen LogP contribution in [0.3, 0.4) is 0 Å². The monoisotopic (exact) mass is 383 g/mol. The SMILES string of the molecule is CS(=O)(=O)c1ccc(C2=N[N]C(C(F)(F)F)=C2c2ccc(F)cc2)cc1. The molecule has 0 atom stereocenters. The van der Waals surface area contributed by atoms with E-state index in [0.717, 1.165) is 18.4 Å². The van der Waals surface area contributed by atoms with Crippen LogP contribution in [-0.4, -0.2) is 26.6 Å². The van der Waals surface area contributed by atoms with Gasteiger partial charge in [-0.3, -0.25) is 0 Å². The summed E-state index contributed by atoms with van der Waals surface area (Å²) in [6.07, 6.45) is -3.72. The molecule has 2 aromatic carbocycles. The maximum absolute atomic E-state index is 13.3. The number of hydrogen-bond donors (Lipinski definition) is 0. The average Bonchev–Trinajstić information content (AvgIpc) is 3.00. The molecule has 9 heteroatoms. The van der Waals surface area contributed by atoms with Gasteiger partial charge in [0.2, 0.25) is 0 Å². The van der Waals surface area contributed by atoms with Gasteiger partial charge < -0.3 is 0 Å². The average molecular weight is 383 g/mol. The molecule has 0 N–H and O–H groups in total. The van der Waals surface area contributed by atoms with Gasteiger partial charge in [-0.15, -0.1) is 10.5 Å². The third kappa shape index (κ3) is 3.48. The summed E-state index contributed by atoms with van der Waals surface area (Å²) in [7, 11) is -3.44. The number of halogens is 4. The molecule has 4 nitrogen and oxygen atoms in total. The van der Waals surface area contributed by atoms with Crippen molar-refractivity contribution in [2.45, 2.75) is 11.1 Å². The van der Waals surface area contributed by atoms with E-state index >= 15 is 0 Å². The number of nitrogens with zero attached hydrogens (tertiary/aromatic N) is 2. The van der Waals surface area contributed by atoms with Gasteiger partial charge in [-0.1, -0.05) is 24.3 Å². The summed E-state index contributed by atoms with van der Waals surface area (Å²) in [6.45, 7) is 0. The Kier molecular flexibility index (Phi) is 4.35. The first-order valence-electron chi connectivity index (χ1n) is 7.24. The number of sulfone groups is 1. The third-order valence-electron chi connectivity index (χ3n) is 3.68. The molecule has 1 aliphatic rings. The fourth-order valence-corrected chi connectivity index (χ4v) is 3.09. The number of benzene rings is 2. The first-order chi connectivity index (χ1) is 12.1. The molecule has 3 rings (SSSR count). The molecule has 0 bridgehead atoms. The highest BCUT2D eigenvalue weighted by atomic mass is 32.2. The van der Waals surface area contributed by atoms with E-state index in [1.165, 1.54) is 36.4 Å². The van der Waals surface area contributed by atoms with Gasteiger partial charge in [0, 0.05) is 17.4 Å². The van der Waals surface area contributed by atoms with Gasteiger partial charge in [0.15, 0.2) is 15.5 Å². The van der Waals surface area contributed by atoms with E-state index in [1.807, 2.05) is 0 Å². The van der Waals surface area contributed by atoms with Crippen LogP contribution < -0.4 is 5.43 Å². The Bertz CT molecular complexity index is 1010. The quantitative estimate of drug-likeness (QED) is 0.762. The summed E-state index contributed by atoms with van der Waals surface area (Å²) >= 11 is 0. The summed E-state index contributed by atoms with van der Waals surface area (Å²) in [5.41, 5.74) is 2.07. The molecule has 0 aliphatic carbocycles. The maximum Gasteiger partial charge on any atom is 0.435 e. The van der Waals surface area contributed by atoms with Crippen molar-refractivity contribution in [3.63, 3.8) is 0 Å². The Balaban J connectivity index is 2.12. The van der Waals surface area contributed by atoms with E-state index in [0.29, 0.717) is 0 Å². The molecule has 0 saturated carbocycles. The zero-order valence-corrected chi connectivity index (χ0v) is 14.1. The first kappa shape index (κ1) is 18.1. The van der Waals surface area contributed by atoms with Crippen molar-refractivity contribution in [1.29, 1.82) is 0 Å². The predicted molar refractivity (Wildman–Crippen MR) is 87.6 cm³/mol. The highest BCUT2D eigenvalue weighted by molar-refractivity contribution is 7.90. The van der Waals surface area contributed by atoms with E-state index in [4.69, 9.17) is 0 Å². The van der Waals surface area contributed by atoms with E-state index in [-0.39, 0.29) is 27.3 Å². The molecule has 135 valence electrons. The molecule has 26 heavy (non-hydrogen) atoms. The molecule has 0 saturated heterocycles. The van der Waals surface area contributed by atoms with Gasteiger partial charge in [-0.2, -0.15) is 13.2 Å². The second kappa shape index (κ2) is 6.24. The van der Waals surface area contributed by atoms with Crippen LogP contribution >= 0.6 is 0 Å². The fraction of sp³-hybridized carbons (Fsp3) is 0.118. The normalized spacial score (nSPS) is 15.0. The van der Waals surface area contributed by atoms with Gasteiger partial charge in [0.1, 0.15) is 11.5 Å². The lowest BCUT2D eigenvalue weighted by molar-refractivity contribution is -0.0958. The number of rotatable bonds is 3. The minimum atomic E-state index is -4.75. The highest BCUT2D eigenvalue weighted by Gasteiger charge is 2.42. The lowest BCUT2D eigenvalue weighted by atomic mass is 9.95. The van der Waals surface area contributed by atoms with Crippen molar-refractivity contribution >= 4 is 21.1 Å². The molecule has 0 amide bonds. The second-order valence-corrected chi connectivity index (χ2v) is 7.59. The number of allylic oxidation sites excluding steroid dienone is 2. The first-order valence-corrected chi connectivity index (χ1v) is 9.13. The van der Waals surface area contributed by atoms with E-state index < -0.39 is 27.5 Å². The fourth-order valence-electron chi connectivity index (χ4n) is 2.46.